The van der Waals surface area contributed by atoms with E-state index in [0.717, 1.165) is 4.90 Å². The number of sulfone groups is 1. The molecule has 0 aromatic carbocycles. The number of hydrogen-bond donors (Lipinski definition) is 2. The Morgan fingerprint density at radius 3 is 2.24 bits per heavy atom. The van der Waals surface area contributed by atoms with Crippen LogP contribution in [0.3, 0.4) is 0 Å². The van der Waals surface area contributed by atoms with Crippen molar-refractivity contribution in [3.63, 3.8) is 0 Å². The number of carboxylic acid groups (broad SMARTS) is 1. The van der Waals surface area contributed by atoms with Crippen LogP contribution in [0.2, 0.25) is 0 Å². The van der Waals surface area contributed by atoms with Crippen LogP contribution in [0.5, 0.6) is 0 Å². The van der Waals surface area contributed by atoms with Crippen molar-refractivity contribution < 1.29 is 36.3 Å². The minimum Gasteiger partial charge on any atom is -0.479 e. The van der Waals surface area contributed by atoms with Crippen molar-refractivity contribution in [3.8, 4) is 0 Å². The number of nitrogens with one attached hydrogen (secondary N) is 1. The van der Waals surface area contributed by atoms with Gasteiger partial charge >= 0.3 is 18.2 Å². The van der Waals surface area contributed by atoms with Crippen molar-refractivity contribution in [2.24, 2.45) is 0 Å². The Morgan fingerprint density at radius 1 is 1.33 bits per heavy atom. The first kappa shape index (κ1) is 17.5. The first-order valence-electron chi connectivity index (χ1n) is 5.89. The Morgan fingerprint density at radius 2 is 1.86 bits per heavy atom. The van der Waals surface area contributed by atoms with Gasteiger partial charge in [0.05, 0.1) is 11.5 Å². The summed E-state index contributed by atoms with van der Waals surface area (Å²) in [6.07, 6.45) is -5.19. The molecule has 0 radical (unpaired) electrons. The third-order valence-electron chi connectivity index (χ3n) is 3.28. The standard InChI is InChI=1S/C10H15F3N2O5S/c1-6-5-21(19,20)4-3-15(6)8(18)14-9(2,7(16)17)10(11,12)13/h6H,3-5H2,1-2H3,(H,14,18)(H,16,17). The SMILES string of the molecule is CC1CS(=O)(=O)CCN1C(=O)NC(C)(C(=O)O)C(F)(F)F. The molecule has 2 amide bonds. The van der Waals surface area contributed by atoms with Crippen LogP contribution in [0.4, 0.5) is 18.0 Å². The van der Waals surface area contributed by atoms with Crippen molar-refractivity contribution in [3.05, 3.63) is 0 Å². The molecule has 2 atom stereocenters. The molecule has 0 spiro atoms. The molecule has 2 N–H and O–H groups in total. The zero-order chi connectivity index (χ0) is 16.6. The lowest BCUT2D eigenvalue weighted by molar-refractivity contribution is -0.203. The molecule has 0 bridgehead atoms. The number of alkyl halides is 3. The molecular formula is C10H15F3N2O5S. The fraction of sp³-hybridized carbons (Fsp3) is 0.800. The van der Waals surface area contributed by atoms with E-state index in [1.165, 1.54) is 12.2 Å². The van der Waals surface area contributed by atoms with E-state index in [-0.39, 0.29) is 18.1 Å². The van der Waals surface area contributed by atoms with Gasteiger partial charge in [-0.15, -0.1) is 0 Å². The van der Waals surface area contributed by atoms with Crippen molar-refractivity contribution in [2.75, 3.05) is 18.1 Å². The number of nitrogens with zero attached hydrogens (tertiary/aromatic N) is 1. The smallest absolute Gasteiger partial charge is 0.422 e. The summed E-state index contributed by atoms with van der Waals surface area (Å²) in [6.45, 7) is 1.41. The Bertz CT molecular complexity index is 547. The van der Waals surface area contributed by atoms with Crippen LogP contribution in [0.25, 0.3) is 0 Å². The summed E-state index contributed by atoms with van der Waals surface area (Å²) >= 11 is 0. The lowest BCUT2D eigenvalue weighted by Crippen LogP contribution is -2.65. The van der Waals surface area contributed by atoms with Gasteiger partial charge in [-0.3, -0.25) is 0 Å². The molecule has 2 unspecified atom stereocenters. The number of amides is 2. The minimum atomic E-state index is -5.19. The first-order chi connectivity index (χ1) is 9.30. The number of carbonyl (C=O) groups excluding carboxylic acids is 1. The van der Waals surface area contributed by atoms with Gasteiger partial charge < -0.3 is 15.3 Å². The monoisotopic (exact) mass is 332 g/mol. The van der Waals surface area contributed by atoms with E-state index in [2.05, 4.69) is 0 Å². The molecule has 0 saturated carbocycles. The van der Waals surface area contributed by atoms with E-state index >= 15 is 0 Å². The molecule has 1 rings (SSSR count). The van der Waals surface area contributed by atoms with Gasteiger partial charge in [-0.2, -0.15) is 13.2 Å². The van der Waals surface area contributed by atoms with Gasteiger partial charge in [-0.1, -0.05) is 0 Å². The molecule has 0 aromatic heterocycles. The third kappa shape index (κ3) is 3.57. The van der Waals surface area contributed by atoms with Crippen LogP contribution < -0.4 is 5.32 Å². The van der Waals surface area contributed by atoms with Gasteiger partial charge in [0, 0.05) is 12.6 Å². The van der Waals surface area contributed by atoms with E-state index in [0.29, 0.717) is 6.92 Å². The van der Waals surface area contributed by atoms with Crippen molar-refractivity contribution in [2.45, 2.75) is 31.6 Å². The first-order valence-corrected chi connectivity index (χ1v) is 7.71. The van der Waals surface area contributed by atoms with Gasteiger partial charge in [-0.25, -0.2) is 18.0 Å². The van der Waals surface area contributed by atoms with E-state index in [4.69, 9.17) is 5.11 Å². The summed E-state index contributed by atoms with van der Waals surface area (Å²) in [7, 11) is -3.35. The van der Waals surface area contributed by atoms with Crippen LogP contribution in [0.15, 0.2) is 0 Å². The van der Waals surface area contributed by atoms with E-state index in [9.17, 15) is 31.2 Å². The second-order valence-electron chi connectivity index (χ2n) is 5.01. The predicted molar refractivity (Wildman–Crippen MR) is 65.4 cm³/mol. The highest BCUT2D eigenvalue weighted by Gasteiger charge is 2.59. The molecule has 1 aliphatic rings. The van der Waals surface area contributed by atoms with Crippen LogP contribution >= 0.6 is 0 Å². The largest absolute Gasteiger partial charge is 0.479 e. The number of carbonyl (C=O) groups is 2. The maximum Gasteiger partial charge on any atom is 0.422 e. The van der Waals surface area contributed by atoms with Gasteiger partial charge in [0.1, 0.15) is 0 Å². The van der Waals surface area contributed by atoms with E-state index in [1.54, 1.807) is 0 Å². The van der Waals surface area contributed by atoms with Crippen LogP contribution in [-0.2, 0) is 14.6 Å². The number of urea groups is 1. The number of hydrogen-bond acceptors (Lipinski definition) is 4. The molecular weight excluding hydrogens is 317 g/mol. The van der Waals surface area contributed by atoms with Gasteiger partial charge in [-0.05, 0) is 13.8 Å². The number of aliphatic carboxylic acids is 1. The summed E-state index contributed by atoms with van der Waals surface area (Å²) in [5, 5.41) is 10.1. The highest BCUT2D eigenvalue weighted by Crippen LogP contribution is 2.30. The lowest BCUT2D eigenvalue weighted by atomic mass is 10.0. The van der Waals surface area contributed by atoms with Crippen LogP contribution in [0, 0.1) is 0 Å². The second kappa shape index (κ2) is 5.35. The topological polar surface area (TPSA) is 104 Å². The molecule has 0 aliphatic carbocycles. The zero-order valence-corrected chi connectivity index (χ0v) is 12.1. The maximum atomic E-state index is 12.8. The highest BCUT2D eigenvalue weighted by molar-refractivity contribution is 7.91. The van der Waals surface area contributed by atoms with E-state index in [1.807, 2.05) is 0 Å². The predicted octanol–water partition coefficient (Wildman–Crippen LogP) is 0.221. The number of rotatable bonds is 2. The Labute approximate surface area is 119 Å². The Kier molecular flexibility index (Phi) is 4.47. The van der Waals surface area contributed by atoms with Crippen LogP contribution in [0.1, 0.15) is 13.8 Å². The Balaban J connectivity index is 2.92. The third-order valence-corrected chi connectivity index (χ3v) is 5.08. The second-order valence-corrected chi connectivity index (χ2v) is 7.24. The maximum absolute atomic E-state index is 12.8. The van der Waals surface area contributed by atoms with Crippen LogP contribution in [-0.4, -0.2) is 66.2 Å². The summed E-state index contributed by atoms with van der Waals surface area (Å²) in [6, 6.07) is -2.10. The number of halogens is 3. The quantitative estimate of drug-likeness (QED) is 0.753. The molecule has 0 aromatic rings. The molecule has 1 heterocycles. The molecule has 21 heavy (non-hydrogen) atoms. The molecule has 11 heteroatoms. The number of carboxylic acids is 1. The summed E-state index contributed by atoms with van der Waals surface area (Å²) in [5.41, 5.74) is -3.44. The average Bonchev–Trinajstić information content (AvgIpc) is 2.25. The zero-order valence-electron chi connectivity index (χ0n) is 11.3. The Hall–Kier alpha value is -1.52. The van der Waals surface area contributed by atoms with Crippen molar-refractivity contribution >= 4 is 21.8 Å². The molecule has 1 fully saturated rings. The molecule has 1 saturated heterocycles. The average molecular weight is 332 g/mol. The van der Waals surface area contributed by atoms with Gasteiger partial charge in [0.15, 0.2) is 9.84 Å². The fourth-order valence-electron chi connectivity index (χ4n) is 1.83. The lowest BCUT2D eigenvalue weighted by Gasteiger charge is -2.36. The molecule has 1 aliphatic heterocycles. The molecule has 122 valence electrons. The summed E-state index contributed by atoms with van der Waals surface area (Å²) < 4.78 is 61.1. The molecule has 7 nitrogen and oxygen atoms in total. The normalized spacial score (nSPS) is 25.0. The van der Waals surface area contributed by atoms with Gasteiger partial charge in [0.25, 0.3) is 0 Å². The fourth-order valence-corrected chi connectivity index (χ4v) is 3.39. The van der Waals surface area contributed by atoms with E-state index < -0.39 is 39.6 Å². The summed E-state index contributed by atoms with van der Waals surface area (Å²) in [4.78, 5) is 23.5. The summed E-state index contributed by atoms with van der Waals surface area (Å²) in [5.74, 6) is -3.00. The minimum absolute atomic E-state index is 0.289. The van der Waals surface area contributed by atoms with Crippen molar-refractivity contribution in [1.29, 1.82) is 0 Å². The highest BCUT2D eigenvalue weighted by atomic mass is 32.2. The van der Waals surface area contributed by atoms with Gasteiger partial charge in [0.2, 0.25) is 5.54 Å². The van der Waals surface area contributed by atoms with Crippen molar-refractivity contribution in [1.82, 2.24) is 10.2 Å².